The van der Waals surface area contributed by atoms with E-state index in [1.54, 1.807) is 4.90 Å². The predicted octanol–water partition coefficient (Wildman–Crippen LogP) is 2.94. The van der Waals surface area contributed by atoms with E-state index in [9.17, 15) is 9.59 Å². The summed E-state index contributed by atoms with van der Waals surface area (Å²) < 4.78 is 0.914. The minimum absolute atomic E-state index is 0.0144. The summed E-state index contributed by atoms with van der Waals surface area (Å²) in [6, 6.07) is 5.57. The fourth-order valence-electron chi connectivity index (χ4n) is 2.71. The Kier molecular flexibility index (Phi) is 4.48. The van der Waals surface area contributed by atoms with E-state index in [1.807, 2.05) is 32.0 Å². The highest BCUT2D eigenvalue weighted by molar-refractivity contribution is 9.10. The minimum Gasteiger partial charge on any atom is -0.481 e. The summed E-state index contributed by atoms with van der Waals surface area (Å²) in [5.41, 5.74) is 1.60. The number of hydrogen-bond acceptors (Lipinski definition) is 2. The summed E-state index contributed by atoms with van der Waals surface area (Å²) in [5, 5.41) is 9.12. The molecule has 108 valence electrons. The van der Waals surface area contributed by atoms with Gasteiger partial charge in [-0.2, -0.15) is 0 Å². The number of nitrogens with zero attached hydrogens (tertiary/aromatic N) is 1. The van der Waals surface area contributed by atoms with Gasteiger partial charge in [0.1, 0.15) is 0 Å². The molecule has 0 aromatic heterocycles. The fourth-order valence-corrected chi connectivity index (χ4v) is 3.07. The van der Waals surface area contributed by atoms with Gasteiger partial charge in [-0.1, -0.05) is 28.9 Å². The Bertz CT molecular complexity index is 544. The van der Waals surface area contributed by atoms with Gasteiger partial charge in [-0.3, -0.25) is 9.59 Å². The van der Waals surface area contributed by atoms with Crippen LogP contribution in [0.1, 0.15) is 29.3 Å². The molecular formula is C15H18BrNO3. The molecule has 0 aliphatic carbocycles. The number of aliphatic carboxylic acids is 1. The van der Waals surface area contributed by atoms with Gasteiger partial charge in [0.2, 0.25) is 0 Å². The smallest absolute Gasteiger partial charge is 0.306 e. The lowest BCUT2D eigenvalue weighted by Gasteiger charge is -2.35. The quantitative estimate of drug-likeness (QED) is 0.901. The van der Waals surface area contributed by atoms with Crippen LogP contribution in [-0.4, -0.2) is 35.0 Å². The Hall–Kier alpha value is -1.36. The van der Waals surface area contributed by atoms with Gasteiger partial charge in [0, 0.05) is 23.1 Å². The van der Waals surface area contributed by atoms with Crippen molar-refractivity contribution in [2.75, 3.05) is 13.1 Å². The fraction of sp³-hybridized carbons (Fsp3) is 0.467. The van der Waals surface area contributed by atoms with Gasteiger partial charge in [-0.25, -0.2) is 0 Å². The number of carbonyl (C=O) groups is 2. The van der Waals surface area contributed by atoms with Crippen molar-refractivity contribution in [1.29, 1.82) is 0 Å². The van der Waals surface area contributed by atoms with E-state index in [0.29, 0.717) is 25.1 Å². The van der Waals surface area contributed by atoms with Gasteiger partial charge in [0.05, 0.1) is 5.92 Å². The molecule has 1 N–H and O–H groups in total. The number of carbonyl (C=O) groups excluding carboxylic acids is 1. The van der Waals surface area contributed by atoms with Crippen molar-refractivity contribution in [3.8, 4) is 0 Å². The number of amides is 1. The molecule has 0 spiro atoms. The second kappa shape index (κ2) is 5.95. The van der Waals surface area contributed by atoms with E-state index in [4.69, 9.17) is 5.11 Å². The monoisotopic (exact) mass is 339 g/mol. The summed E-state index contributed by atoms with van der Waals surface area (Å²) in [5.74, 6) is -1.14. The van der Waals surface area contributed by atoms with Crippen molar-refractivity contribution >= 4 is 27.8 Å². The third kappa shape index (κ3) is 2.87. The van der Waals surface area contributed by atoms with Gasteiger partial charge in [-0.15, -0.1) is 0 Å². The highest BCUT2D eigenvalue weighted by Crippen LogP contribution is 2.26. The molecule has 1 aliphatic rings. The van der Waals surface area contributed by atoms with Gasteiger partial charge in [0.15, 0.2) is 0 Å². The molecule has 20 heavy (non-hydrogen) atoms. The number of rotatable bonds is 2. The third-order valence-corrected chi connectivity index (χ3v) is 4.87. The summed E-state index contributed by atoms with van der Waals surface area (Å²) in [6.07, 6.45) is 0.523. The molecule has 1 aromatic rings. The van der Waals surface area contributed by atoms with Gasteiger partial charge in [0.25, 0.3) is 5.91 Å². The number of carboxylic acid groups (broad SMARTS) is 1. The molecule has 4 nitrogen and oxygen atoms in total. The lowest BCUT2D eigenvalue weighted by molar-refractivity contribution is -0.145. The zero-order chi connectivity index (χ0) is 14.9. The first-order chi connectivity index (χ1) is 9.41. The first kappa shape index (κ1) is 15.0. The highest BCUT2D eigenvalue weighted by atomic mass is 79.9. The van der Waals surface area contributed by atoms with E-state index in [-0.39, 0.29) is 17.7 Å². The average molecular weight is 340 g/mol. The number of benzene rings is 1. The summed E-state index contributed by atoms with van der Waals surface area (Å²) in [4.78, 5) is 25.4. The molecular weight excluding hydrogens is 322 g/mol. The predicted molar refractivity (Wildman–Crippen MR) is 79.7 cm³/mol. The van der Waals surface area contributed by atoms with Gasteiger partial charge >= 0.3 is 5.97 Å². The van der Waals surface area contributed by atoms with E-state index in [0.717, 1.165) is 10.0 Å². The molecule has 1 amide bonds. The molecule has 2 rings (SSSR count). The summed E-state index contributed by atoms with van der Waals surface area (Å²) >= 11 is 3.43. The van der Waals surface area contributed by atoms with Crippen LogP contribution in [0.15, 0.2) is 22.7 Å². The first-order valence-corrected chi connectivity index (χ1v) is 7.48. The number of likely N-dealkylation sites (tertiary alicyclic amines) is 1. The first-order valence-electron chi connectivity index (χ1n) is 6.69. The Labute approximate surface area is 126 Å². The molecule has 1 saturated heterocycles. The van der Waals surface area contributed by atoms with Crippen molar-refractivity contribution in [2.45, 2.75) is 20.3 Å². The van der Waals surface area contributed by atoms with Crippen molar-refractivity contribution in [3.05, 3.63) is 33.8 Å². The minimum atomic E-state index is -0.761. The normalized spacial score (nSPS) is 22.6. The molecule has 0 saturated carbocycles. The summed E-state index contributed by atoms with van der Waals surface area (Å²) in [7, 11) is 0. The van der Waals surface area contributed by atoms with Crippen LogP contribution in [0.2, 0.25) is 0 Å². The van der Waals surface area contributed by atoms with Gasteiger partial charge < -0.3 is 10.0 Å². The third-order valence-electron chi connectivity index (χ3n) is 4.01. The van der Waals surface area contributed by atoms with Crippen LogP contribution in [0.3, 0.4) is 0 Å². The highest BCUT2D eigenvalue weighted by Gasteiger charge is 2.33. The van der Waals surface area contributed by atoms with Gasteiger partial charge in [-0.05, 0) is 37.0 Å². The van der Waals surface area contributed by atoms with Crippen molar-refractivity contribution in [1.82, 2.24) is 4.90 Å². The molecule has 2 unspecified atom stereocenters. The van der Waals surface area contributed by atoms with Crippen molar-refractivity contribution < 1.29 is 14.7 Å². The van der Waals surface area contributed by atoms with E-state index in [2.05, 4.69) is 15.9 Å². The van der Waals surface area contributed by atoms with E-state index >= 15 is 0 Å². The van der Waals surface area contributed by atoms with Crippen LogP contribution in [0.4, 0.5) is 0 Å². The molecule has 1 aromatic carbocycles. The second-order valence-corrected chi connectivity index (χ2v) is 6.23. The SMILES string of the molecule is Cc1c(Br)cccc1C(=O)N1CCC(C(=O)O)C(C)C1. The molecule has 1 aliphatic heterocycles. The van der Waals surface area contributed by atoms with Crippen LogP contribution in [0, 0.1) is 18.8 Å². The maximum Gasteiger partial charge on any atom is 0.306 e. The number of hydrogen-bond donors (Lipinski definition) is 1. The Morgan fingerprint density at radius 1 is 1.40 bits per heavy atom. The standard InChI is InChI=1S/C15H18BrNO3/c1-9-8-17(7-6-11(9)15(19)20)14(18)12-4-3-5-13(16)10(12)2/h3-5,9,11H,6-8H2,1-2H3,(H,19,20). The lowest BCUT2D eigenvalue weighted by Crippen LogP contribution is -2.45. The molecule has 0 bridgehead atoms. The molecule has 5 heteroatoms. The molecule has 1 fully saturated rings. The number of carboxylic acids is 1. The number of halogens is 1. The Morgan fingerprint density at radius 3 is 2.70 bits per heavy atom. The topological polar surface area (TPSA) is 57.6 Å². The van der Waals surface area contributed by atoms with Crippen molar-refractivity contribution in [3.63, 3.8) is 0 Å². The maximum atomic E-state index is 12.6. The second-order valence-electron chi connectivity index (χ2n) is 5.37. The zero-order valence-electron chi connectivity index (χ0n) is 11.6. The van der Waals surface area contributed by atoms with E-state index < -0.39 is 5.97 Å². The molecule has 1 heterocycles. The van der Waals surface area contributed by atoms with Crippen LogP contribution in [0.5, 0.6) is 0 Å². The van der Waals surface area contributed by atoms with Crippen LogP contribution >= 0.6 is 15.9 Å². The van der Waals surface area contributed by atoms with Crippen LogP contribution < -0.4 is 0 Å². The summed E-state index contributed by atoms with van der Waals surface area (Å²) in [6.45, 7) is 4.81. The Morgan fingerprint density at radius 2 is 2.10 bits per heavy atom. The zero-order valence-corrected chi connectivity index (χ0v) is 13.2. The van der Waals surface area contributed by atoms with Crippen molar-refractivity contribution in [2.24, 2.45) is 11.8 Å². The molecule has 0 radical (unpaired) electrons. The van der Waals surface area contributed by atoms with E-state index in [1.165, 1.54) is 0 Å². The van der Waals surface area contributed by atoms with Crippen LogP contribution in [0.25, 0.3) is 0 Å². The maximum absolute atomic E-state index is 12.6. The van der Waals surface area contributed by atoms with Crippen LogP contribution in [-0.2, 0) is 4.79 Å². The average Bonchev–Trinajstić information content (AvgIpc) is 2.40. The lowest BCUT2D eigenvalue weighted by atomic mass is 9.86. The molecule has 2 atom stereocenters. The largest absolute Gasteiger partial charge is 0.481 e. The Balaban J connectivity index is 2.15. The number of piperidine rings is 1.